The van der Waals surface area contributed by atoms with Crippen LogP contribution in [-0.2, 0) is 19.6 Å². The Hall–Kier alpha value is -0.160. The Morgan fingerprint density at radius 1 is 0.739 bits per heavy atom. The molecule has 1 rings (SSSR count). The molecule has 0 aromatic rings. The lowest BCUT2D eigenvalue weighted by Gasteiger charge is -2.37. The molecule has 23 heavy (non-hydrogen) atoms. The summed E-state index contributed by atoms with van der Waals surface area (Å²) in [6.45, 7) is 7.89. The van der Waals surface area contributed by atoms with E-state index in [1.54, 1.807) is 0 Å². The first kappa shape index (κ1) is 20.9. The maximum absolute atomic E-state index is 5.70. The number of unbranched alkanes of at least 4 members (excludes halogenated alkanes) is 4. The predicted octanol–water partition coefficient (Wildman–Crippen LogP) is 5.95. The minimum Gasteiger partial charge on any atom is -0.234 e. The van der Waals surface area contributed by atoms with Gasteiger partial charge in [-0.1, -0.05) is 59.3 Å². The fourth-order valence-electron chi connectivity index (χ4n) is 3.11. The minimum absolute atomic E-state index is 0.632. The first-order valence-corrected chi connectivity index (χ1v) is 9.87. The van der Waals surface area contributed by atoms with E-state index in [-0.39, 0.29) is 0 Å². The van der Waals surface area contributed by atoms with Crippen molar-refractivity contribution in [3.63, 3.8) is 0 Å². The summed E-state index contributed by atoms with van der Waals surface area (Å²) >= 11 is 0. The third kappa shape index (κ3) is 9.04. The summed E-state index contributed by atoms with van der Waals surface area (Å²) in [6.07, 6.45) is 13.3. The maximum atomic E-state index is 5.70. The molecule has 0 bridgehead atoms. The van der Waals surface area contributed by atoms with Crippen molar-refractivity contribution < 1.29 is 19.6 Å². The van der Waals surface area contributed by atoms with E-state index in [0.717, 1.165) is 44.4 Å². The second-order valence-corrected chi connectivity index (χ2v) is 6.87. The summed E-state index contributed by atoms with van der Waals surface area (Å²) in [4.78, 5) is 22.3. The molecule has 1 saturated carbocycles. The fourth-order valence-corrected chi connectivity index (χ4v) is 3.11. The highest BCUT2D eigenvalue weighted by Crippen LogP contribution is 2.38. The topological polar surface area (TPSA) is 36.9 Å². The summed E-state index contributed by atoms with van der Waals surface area (Å²) in [7, 11) is 0. The molecule has 0 radical (unpaired) electrons. The summed E-state index contributed by atoms with van der Waals surface area (Å²) in [6, 6.07) is 0. The summed E-state index contributed by atoms with van der Waals surface area (Å²) in [5, 5.41) is 0. The van der Waals surface area contributed by atoms with Gasteiger partial charge in [0.25, 0.3) is 0 Å². The van der Waals surface area contributed by atoms with Crippen molar-refractivity contribution in [2.75, 3.05) is 13.2 Å². The van der Waals surface area contributed by atoms with Gasteiger partial charge in [-0.15, -0.1) is 0 Å². The molecule has 1 aliphatic rings. The molecule has 4 heteroatoms. The Bertz CT molecular complexity index is 246. The second-order valence-electron chi connectivity index (χ2n) is 6.87. The molecule has 138 valence electrons. The van der Waals surface area contributed by atoms with Crippen molar-refractivity contribution in [3.05, 3.63) is 0 Å². The van der Waals surface area contributed by atoms with Crippen molar-refractivity contribution in [1.29, 1.82) is 0 Å². The third-order valence-electron chi connectivity index (χ3n) is 4.65. The Kier molecular flexibility index (Phi) is 12.0. The summed E-state index contributed by atoms with van der Waals surface area (Å²) < 4.78 is 0. The molecule has 1 fully saturated rings. The van der Waals surface area contributed by atoms with Crippen LogP contribution in [0.25, 0.3) is 0 Å². The average molecular weight is 331 g/mol. The molecule has 0 N–H and O–H groups in total. The van der Waals surface area contributed by atoms with Gasteiger partial charge in [0, 0.05) is 12.8 Å². The Morgan fingerprint density at radius 2 is 1.26 bits per heavy atom. The van der Waals surface area contributed by atoms with Crippen molar-refractivity contribution in [2.24, 2.45) is 5.92 Å². The van der Waals surface area contributed by atoms with Crippen molar-refractivity contribution in [1.82, 2.24) is 0 Å². The van der Waals surface area contributed by atoms with Crippen LogP contribution in [0, 0.1) is 5.92 Å². The lowest BCUT2D eigenvalue weighted by atomic mass is 9.83. The van der Waals surface area contributed by atoms with Crippen LogP contribution in [0.15, 0.2) is 0 Å². The van der Waals surface area contributed by atoms with Crippen LogP contribution in [0.1, 0.15) is 97.8 Å². The number of rotatable bonds is 14. The van der Waals surface area contributed by atoms with Crippen LogP contribution >= 0.6 is 0 Å². The van der Waals surface area contributed by atoms with Crippen LogP contribution < -0.4 is 0 Å². The highest BCUT2D eigenvalue weighted by molar-refractivity contribution is 4.78. The molecule has 0 aromatic carbocycles. The quantitative estimate of drug-likeness (QED) is 0.171. The molecular formula is C19H38O4. The molecule has 4 nitrogen and oxygen atoms in total. The van der Waals surface area contributed by atoms with Crippen molar-refractivity contribution in [2.45, 2.75) is 104 Å². The highest BCUT2D eigenvalue weighted by Gasteiger charge is 2.40. The largest absolute Gasteiger partial charge is 0.234 e. The number of hydrogen-bond acceptors (Lipinski definition) is 4. The molecule has 0 unspecified atom stereocenters. The fraction of sp³-hybridized carbons (Fsp3) is 1.00. The molecule has 0 spiro atoms. The summed E-state index contributed by atoms with van der Waals surface area (Å²) in [5.41, 5.74) is 0. The van der Waals surface area contributed by atoms with E-state index in [1.165, 1.54) is 38.5 Å². The van der Waals surface area contributed by atoms with Gasteiger partial charge in [-0.3, -0.25) is 0 Å². The Morgan fingerprint density at radius 3 is 1.70 bits per heavy atom. The normalized spacial score (nSPS) is 18.4. The first-order chi connectivity index (χ1) is 11.3. The smallest absolute Gasteiger partial charge is 0.234 e. The van der Waals surface area contributed by atoms with Gasteiger partial charge in [0.1, 0.15) is 0 Å². The van der Waals surface area contributed by atoms with Crippen LogP contribution in [0.2, 0.25) is 0 Å². The van der Waals surface area contributed by atoms with E-state index in [4.69, 9.17) is 19.6 Å². The van der Waals surface area contributed by atoms with Gasteiger partial charge in [-0.25, -0.2) is 9.78 Å². The molecule has 0 aromatic heterocycles. The predicted molar refractivity (Wildman–Crippen MR) is 92.7 cm³/mol. The van der Waals surface area contributed by atoms with Crippen molar-refractivity contribution >= 4 is 0 Å². The number of hydrogen-bond donors (Lipinski definition) is 0. The molecule has 0 heterocycles. The van der Waals surface area contributed by atoms with Gasteiger partial charge in [0.2, 0.25) is 5.79 Å². The molecule has 0 atom stereocenters. The maximum Gasteiger partial charge on any atom is 0.234 e. The zero-order chi connectivity index (χ0) is 16.8. The van der Waals surface area contributed by atoms with E-state index < -0.39 is 5.79 Å². The Labute approximate surface area is 143 Å². The molecule has 0 aliphatic heterocycles. The second kappa shape index (κ2) is 13.2. The lowest BCUT2D eigenvalue weighted by molar-refractivity contribution is -0.518. The van der Waals surface area contributed by atoms with Gasteiger partial charge in [0.15, 0.2) is 0 Å². The van der Waals surface area contributed by atoms with E-state index in [1.807, 2.05) is 0 Å². The van der Waals surface area contributed by atoms with Gasteiger partial charge in [0.05, 0.1) is 13.2 Å². The lowest BCUT2D eigenvalue weighted by Crippen LogP contribution is -2.40. The summed E-state index contributed by atoms with van der Waals surface area (Å²) in [5.74, 6) is 0.100. The average Bonchev–Trinajstić information content (AvgIpc) is 2.57. The van der Waals surface area contributed by atoms with E-state index in [0.29, 0.717) is 13.2 Å². The molecule has 0 saturated heterocycles. The van der Waals surface area contributed by atoms with E-state index in [2.05, 4.69) is 20.8 Å². The van der Waals surface area contributed by atoms with E-state index >= 15 is 0 Å². The zero-order valence-electron chi connectivity index (χ0n) is 15.6. The van der Waals surface area contributed by atoms with Gasteiger partial charge < -0.3 is 0 Å². The van der Waals surface area contributed by atoms with Crippen LogP contribution in [-0.4, -0.2) is 19.0 Å². The van der Waals surface area contributed by atoms with Gasteiger partial charge in [-0.05, 0) is 31.6 Å². The van der Waals surface area contributed by atoms with Gasteiger partial charge >= 0.3 is 0 Å². The molecular weight excluding hydrogens is 292 g/mol. The van der Waals surface area contributed by atoms with Crippen molar-refractivity contribution in [3.8, 4) is 0 Å². The third-order valence-corrected chi connectivity index (χ3v) is 4.65. The SMILES string of the molecule is CCCCCOOC1(OOCCCCC)CCC(CCC)CC1. The molecule has 0 amide bonds. The zero-order valence-corrected chi connectivity index (χ0v) is 15.6. The standard InChI is InChI=1S/C19H38O4/c1-4-7-9-16-20-22-19(23-21-17-10-8-5-2)14-12-18(11-6-3)13-15-19/h18H,4-17H2,1-3H3. The monoisotopic (exact) mass is 330 g/mol. The molecule has 1 aliphatic carbocycles. The minimum atomic E-state index is -0.692. The van der Waals surface area contributed by atoms with Crippen LogP contribution in [0.3, 0.4) is 0 Å². The van der Waals surface area contributed by atoms with Crippen LogP contribution in [0.5, 0.6) is 0 Å². The first-order valence-electron chi connectivity index (χ1n) is 9.87. The Balaban J connectivity index is 2.35. The highest BCUT2D eigenvalue weighted by atomic mass is 17.3. The van der Waals surface area contributed by atoms with E-state index in [9.17, 15) is 0 Å². The van der Waals surface area contributed by atoms with Crippen LogP contribution in [0.4, 0.5) is 0 Å². The van der Waals surface area contributed by atoms with Gasteiger partial charge in [-0.2, -0.15) is 9.78 Å².